The van der Waals surface area contributed by atoms with Crippen molar-refractivity contribution in [1.29, 1.82) is 5.41 Å². The lowest BCUT2D eigenvalue weighted by Crippen LogP contribution is -2.51. The minimum Gasteiger partial charge on any atom is -0.393 e. The van der Waals surface area contributed by atoms with E-state index in [1.165, 1.54) is 6.42 Å². The van der Waals surface area contributed by atoms with Crippen LogP contribution < -0.4 is 0 Å². The molecule has 0 spiro atoms. The van der Waals surface area contributed by atoms with E-state index in [2.05, 4.69) is 29.0 Å². The van der Waals surface area contributed by atoms with Gasteiger partial charge in [-0.05, 0) is 55.3 Å². The largest absolute Gasteiger partial charge is 0.393 e. The molecule has 2 N–H and O–H groups in total. The molecule has 4 fully saturated rings. The average molecular weight is 555 g/mol. The first kappa shape index (κ1) is 28.6. The number of amides is 2. The molecule has 7 atom stereocenters. The van der Waals surface area contributed by atoms with Gasteiger partial charge in [-0.25, -0.2) is 0 Å². The maximum atomic E-state index is 13.6. The van der Waals surface area contributed by atoms with Gasteiger partial charge in [0.1, 0.15) is 5.84 Å². The third-order valence-electron chi connectivity index (χ3n) is 10.1. The number of imide groups is 1. The van der Waals surface area contributed by atoms with Gasteiger partial charge < -0.3 is 10.0 Å². The van der Waals surface area contributed by atoms with E-state index in [1.807, 2.05) is 25.1 Å². The lowest BCUT2D eigenvalue weighted by atomic mass is 9.78. The molecule has 8 heteroatoms. The zero-order valence-corrected chi connectivity index (χ0v) is 24.7. The Morgan fingerprint density at radius 3 is 2.31 bits per heavy atom. The predicted octanol–water partition coefficient (Wildman–Crippen LogP) is 4.19. The molecule has 2 saturated carbocycles. The van der Waals surface area contributed by atoms with Gasteiger partial charge in [0.25, 0.3) is 0 Å². The van der Waals surface area contributed by atoms with Gasteiger partial charge in [0.05, 0.1) is 17.9 Å². The van der Waals surface area contributed by atoms with Gasteiger partial charge in [0.15, 0.2) is 0 Å². The number of carbonyl (C=O) groups excluding carboxylic acids is 2. The summed E-state index contributed by atoms with van der Waals surface area (Å²) in [6.45, 7) is 9.17. The summed E-state index contributed by atoms with van der Waals surface area (Å²) in [6, 6.07) is 8.18. The second-order valence-electron chi connectivity index (χ2n) is 12.3. The number of carbonyl (C=O) groups is 2. The van der Waals surface area contributed by atoms with Gasteiger partial charge in [0, 0.05) is 49.7 Å². The molecule has 1 aromatic rings. The molecule has 5 rings (SSSR count). The molecular formula is C31H46N4O3S. The van der Waals surface area contributed by atoms with Crippen molar-refractivity contribution in [1.82, 2.24) is 14.7 Å². The fourth-order valence-corrected chi connectivity index (χ4v) is 8.55. The summed E-state index contributed by atoms with van der Waals surface area (Å²) in [6.07, 6.45) is 7.84. The van der Waals surface area contributed by atoms with Crippen molar-refractivity contribution in [2.75, 3.05) is 45.5 Å². The van der Waals surface area contributed by atoms with Crippen LogP contribution in [0.15, 0.2) is 29.2 Å². The van der Waals surface area contributed by atoms with E-state index in [0.717, 1.165) is 75.3 Å². The van der Waals surface area contributed by atoms with E-state index < -0.39 is 6.10 Å². The number of thioether (sulfide) groups is 1. The van der Waals surface area contributed by atoms with Gasteiger partial charge in [0.2, 0.25) is 11.8 Å². The zero-order valence-electron chi connectivity index (χ0n) is 23.8. The van der Waals surface area contributed by atoms with Crippen LogP contribution in [0.5, 0.6) is 0 Å². The zero-order chi connectivity index (χ0) is 27.7. The second kappa shape index (κ2) is 12.3. The van der Waals surface area contributed by atoms with Crippen LogP contribution in [0.2, 0.25) is 0 Å². The van der Waals surface area contributed by atoms with E-state index in [1.54, 1.807) is 16.7 Å². The van der Waals surface area contributed by atoms with Crippen LogP contribution in [0.25, 0.3) is 0 Å². The molecule has 4 aliphatic rings. The number of nitrogens with one attached hydrogen (secondary N) is 1. The van der Waals surface area contributed by atoms with Crippen molar-refractivity contribution >= 4 is 29.4 Å². The maximum absolute atomic E-state index is 13.6. The third-order valence-corrected chi connectivity index (χ3v) is 10.9. The Bertz CT molecular complexity index is 1060. The topological polar surface area (TPSA) is 87.9 Å². The van der Waals surface area contributed by atoms with Crippen molar-refractivity contribution in [3.63, 3.8) is 0 Å². The van der Waals surface area contributed by atoms with Crippen LogP contribution in [-0.4, -0.2) is 89.1 Å². The van der Waals surface area contributed by atoms with Crippen LogP contribution in [0.1, 0.15) is 57.9 Å². The smallest absolute Gasteiger partial charge is 0.233 e. The van der Waals surface area contributed by atoms with Gasteiger partial charge >= 0.3 is 0 Å². The Hall–Kier alpha value is -1.90. The van der Waals surface area contributed by atoms with Crippen LogP contribution >= 0.6 is 11.8 Å². The van der Waals surface area contributed by atoms with Crippen molar-refractivity contribution in [3.05, 3.63) is 29.8 Å². The van der Waals surface area contributed by atoms with E-state index in [9.17, 15) is 14.7 Å². The molecular weight excluding hydrogens is 508 g/mol. The molecule has 214 valence electrons. The number of rotatable bonds is 8. The highest BCUT2D eigenvalue weighted by molar-refractivity contribution is 7.98. The predicted molar refractivity (Wildman–Crippen MR) is 156 cm³/mol. The maximum Gasteiger partial charge on any atom is 0.233 e. The first-order valence-electron chi connectivity index (χ1n) is 15.1. The van der Waals surface area contributed by atoms with E-state index in [0.29, 0.717) is 24.2 Å². The molecule has 2 saturated heterocycles. The normalized spacial score (nSPS) is 33.6. The van der Waals surface area contributed by atoms with Gasteiger partial charge in [-0.15, -0.1) is 11.8 Å². The lowest BCUT2D eigenvalue weighted by molar-refractivity contribution is -0.143. The highest BCUT2D eigenvalue weighted by Crippen LogP contribution is 2.49. The quantitative estimate of drug-likeness (QED) is 0.217. The van der Waals surface area contributed by atoms with Gasteiger partial charge in [-0.1, -0.05) is 51.3 Å². The highest BCUT2D eigenvalue weighted by atomic mass is 32.2. The lowest BCUT2D eigenvalue weighted by Gasteiger charge is -2.41. The summed E-state index contributed by atoms with van der Waals surface area (Å²) in [4.78, 5) is 34.5. The second-order valence-corrected chi connectivity index (χ2v) is 13.1. The SMILES string of the molecule is CCCC1C(O)C(C)C2C(=O)N(CC3CCCCC3CN3CCN(C(=N)c4ccccc4SC)CC3)C(=O)C12. The van der Waals surface area contributed by atoms with Gasteiger partial charge in [-0.3, -0.25) is 24.8 Å². The van der Waals surface area contributed by atoms with Gasteiger partial charge in [-0.2, -0.15) is 0 Å². The van der Waals surface area contributed by atoms with Crippen LogP contribution in [0.3, 0.4) is 0 Å². The van der Waals surface area contributed by atoms with E-state index >= 15 is 0 Å². The molecule has 2 amide bonds. The molecule has 2 aliphatic heterocycles. The summed E-state index contributed by atoms with van der Waals surface area (Å²) in [7, 11) is 0. The summed E-state index contributed by atoms with van der Waals surface area (Å²) in [5, 5.41) is 19.6. The number of fused-ring (bicyclic) bond motifs is 1. The minimum atomic E-state index is -0.549. The Kier molecular flexibility index (Phi) is 9.04. The van der Waals surface area contributed by atoms with Crippen molar-refractivity contribution in [3.8, 4) is 0 Å². The van der Waals surface area contributed by atoms with Crippen molar-refractivity contribution < 1.29 is 14.7 Å². The summed E-state index contributed by atoms with van der Waals surface area (Å²) >= 11 is 1.69. The highest BCUT2D eigenvalue weighted by Gasteiger charge is 2.60. The first-order chi connectivity index (χ1) is 18.8. The summed E-state index contributed by atoms with van der Waals surface area (Å²) in [5.74, 6) is 0.496. The molecule has 1 aromatic carbocycles. The third kappa shape index (κ3) is 5.53. The number of benzene rings is 1. The average Bonchev–Trinajstić information content (AvgIpc) is 3.35. The Morgan fingerprint density at radius 2 is 1.64 bits per heavy atom. The minimum absolute atomic E-state index is 0.0196. The van der Waals surface area contributed by atoms with E-state index in [-0.39, 0.29) is 35.5 Å². The molecule has 39 heavy (non-hydrogen) atoms. The van der Waals surface area contributed by atoms with Crippen LogP contribution in [0, 0.1) is 40.9 Å². The molecule has 7 unspecified atom stereocenters. The molecule has 0 radical (unpaired) electrons. The standard InChI is InChI=1S/C31H46N4O3S/c1-4-9-24-27-26(20(2)28(24)36)30(37)35(31(27)38)19-22-11-6-5-10-21(22)18-33-14-16-34(17-15-33)29(32)23-12-7-8-13-25(23)39-3/h7-8,12-13,20-22,24,26-28,32,36H,4-6,9-11,14-19H2,1-3H3. The van der Waals surface area contributed by atoms with E-state index in [4.69, 9.17) is 5.41 Å². The Labute approximate surface area is 238 Å². The molecule has 2 heterocycles. The van der Waals surface area contributed by atoms with Crippen LogP contribution in [-0.2, 0) is 9.59 Å². The Morgan fingerprint density at radius 1 is 1.00 bits per heavy atom. The number of hydrogen-bond donors (Lipinski definition) is 2. The monoisotopic (exact) mass is 554 g/mol. The van der Waals surface area contributed by atoms with Crippen LogP contribution in [0.4, 0.5) is 0 Å². The molecule has 7 nitrogen and oxygen atoms in total. The number of aliphatic hydroxyl groups excluding tert-OH is 1. The fraction of sp³-hybridized carbons (Fsp3) is 0.710. The first-order valence-corrected chi connectivity index (χ1v) is 16.3. The molecule has 0 bridgehead atoms. The fourth-order valence-electron chi connectivity index (χ4n) is 7.95. The molecule has 0 aromatic heterocycles. The van der Waals surface area contributed by atoms with Crippen molar-refractivity contribution in [2.45, 2.75) is 63.4 Å². The summed E-state index contributed by atoms with van der Waals surface area (Å²) in [5.41, 5.74) is 1.01. The number of piperazine rings is 1. The number of nitrogens with zero attached hydrogens (tertiary/aromatic N) is 3. The number of aliphatic hydroxyl groups is 1. The van der Waals surface area contributed by atoms with Crippen molar-refractivity contribution in [2.24, 2.45) is 35.5 Å². The molecule has 2 aliphatic carbocycles. The Balaban J connectivity index is 1.19. The summed E-state index contributed by atoms with van der Waals surface area (Å²) < 4.78 is 0. The number of amidine groups is 1. The number of likely N-dealkylation sites (tertiary alicyclic amines) is 1. The number of hydrogen-bond acceptors (Lipinski definition) is 6.